The summed E-state index contributed by atoms with van der Waals surface area (Å²) >= 11 is 0. The van der Waals surface area contributed by atoms with Crippen molar-refractivity contribution in [2.24, 2.45) is 5.41 Å². The monoisotopic (exact) mass is 266 g/mol. The molecule has 0 spiro atoms. The number of hydrogen-bond acceptors (Lipinski definition) is 3. The first-order valence-corrected chi connectivity index (χ1v) is 7.52. The molecule has 1 rings (SSSR count). The van der Waals surface area contributed by atoms with Crippen LogP contribution in [0.25, 0.3) is 0 Å². The van der Waals surface area contributed by atoms with Crippen molar-refractivity contribution in [3.8, 4) is 6.07 Å². The summed E-state index contributed by atoms with van der Waals surface area (Å²) in [5.74, 6) is -0.0803. The number of nitrogens with zero attached hydrogens (tertiary/aromatic N) is 1. The van der Waals surface area contributed by atoms with Gasteiger partial charge in [0, 0.05) is 19.8 Å². The number of ether oxygens (including phenoxy) is 1. The van der Waals surface area contributed by atoms with Crippen molar-refractivity contribution in [3.05, 3.63) is 0 Å². The lowest BCUT2D eigenvalue weighted by molar-refractivity contribution is -0.129. The molecule has 0 aromatic heterocycles. The van der Waals surface area contributed by atoms with Crippen molar-refractivity contribution in [3.63, 3.8) is 0 Å². The summed E-state index contributed by atoms with van der Waals surface area (Å²) in [6, 6.07) is 2.24. The molecule has 0 bridgehead atoms. The standard InChI is InChI=1S/C15H26N2O2/c1-2-3-11-19-12-7-10-17-14(18)15(13-16)8-5-4-6-9-15/h2-12H2,1H3,(H,17,18). The summed E-state index contributed by atoms with van der Waals surface area (Å²) in [5.41, 5.74) is -0.763. The van der Waals surface area contributed by atoms with Gasteiger partial charge in [-0.2, -0.15) is 5.26 Å². The highest BCUT2D eigenvalue weighted by Gasteiger charge is 2.39. The van der Waals surface area contributed by atoms with Gasteiger partial charge in [0.25, 0.3) is 0 Å². The zero-order valence-corrected chi connectivity index (χ0v) is 12.0. The van der Waals surface area contributed by atoms with E-state index in [1.54, 1.807) is 0 Å². The second-order valence-electron chi connectivity index (χ2n) is 5.33. The predicted octanol–water partition coefficient (Wildman–Crippen LogP) is 2.78. The lowest BCUT2D eigenvalue weighted by atomic mass is 9.74. The van der Waals surface area contributed by atoms with Crippen molar-refractivity contribution >= 4 is 5.91 Å². The number of rotatable bonds is 8. The van der Waals surface area contributed by atoms with Crippen LogP contribution >= 0.6 is 0 Å². The van der Waals surface area contributed by atoms with Crippen molar-refractivity contribution in [2.45, 2.75) is 58.3 Å². The lowest BCUT2D eigenvalue weighted by Gasteiger charge is -2.29. The Balaban J connectivity index is 2.17. The molecule has 1 amide bonds. The van der Waals surface area contributed by atoms with E-state index in [2.05, 4.69) is 18.3 Å². The summed E-state index contributed by atoms with van der Waals surface area (Å²) in [7, 11) is 0. The third-order valence-corrected chi connectivity index (χ3v) is 3.75. The van der Waals surface area contributed by atoms with Crippen LogP contribution in [0, 0.1) is 16.7 Å². The van der Waals surface area contributed by atoms with Gasteiger partial charge in [-0.25, -0.2) is 0 Å². The second kappa shape index (κ2) is 8.92. The van der Waals surface area contributed by atoms with E-state index in [9.17, 15) is 10.1 Å². The summed E-state index contributed by atoms with van der Waals surface area (Å²) in [6.45, 7) is 4.22. The minimum absolute atomic E-state index is 0.0803. The molecule has 0 radical (unpaired) electrons. The number of hydrogen-bond donors (Lipinski definition) is 1. The molecule has 0 heterocycles. The Morgan fingerprint density at radius 3 is 2.58 bits per heavy atom. The molecule has 1 fully saturated rings. The van der Waals surface area contributed by atoms with Crippen LogP contribution in [-0.4, -0.2) is 25.7 Å². The van der Waals surface area contributed by atoms with Crippen molar-refractivity contribution < 1.29 is 9.53 Å². The molecule has 4 heteroatoms. The quantitative estimate of drug-likeness (QED) is 0.687. The van der Waals surface area contributed by atoms with E-state index in [1.807, 2.05) is 0 Å². The van der Waals surface area contributed by atoms with E-state index >= 15 is 0 Å². The highest BCUT2D eigenvalue weighted by Crippen LogP contribution is 2.35. The fraction of sp³-hybridized carbons (Fsp3) is 0.867. The van der Waals surface area contributed by atoms with Crippen LogP contribution in [0.5, 0.6) is 0 Å². The van der Waals surface area contributed by atoms with Gasteiger partial charge in [-0.1, -0.05) is 32.6 Å². The van der Waals surface area contributed by atoms with Crippen LogP contribution in [0.3, 0.4) is 0 Å². The number of amides is 1. The molecule has 1 aliphatic rings. The SMILES string of the molecule is CCCCOCCCNC(=O)C1(C#N)CCCCC1. The Labute approximate surface area is 116 Å². The molecule has 0 unspecified atom stereocenters. The molecule has 1 saturated carbocycles. The molecular formula is C15H26N2O2. The second-order valence-corrected chi connectivity index (χ2v) is 5.33. The van der Waals surface area contributed by atoms with Crippen LogP contribution in [0.1, 0.15) is 58.3 Å². The number of nitrogens with one attached hydrogen (secondary N) is 1. The summed E-state index contributed by atoms with van der Waals surface area (Å²) < 4.78 is 5.44. The van der Waals surface area contributed by atoms with E-state index in [4.69, 9.17) is 4.74 Å². The van der Waals surface area contributed by atoms with Gasteiger partial charge < -0.3 is 10.1 Å². The Bertz CT molecular complexity index is 304. The van der Waals surface area contributed by atoms with Gasteiger partial charge in [-0.3, -0.25) is 4.79 Å². The van der Waals surface area contributed by atoms with E-state index < -0.39 is 5.41 Å². The first-order valence-electron chi connectivity index (χ1n) is 7.52. The number of unbranched alkanes of at least 4 members (excludes halogenated alkanes) is 1. The molecule has 1 aliphatic carbocycles. The Morgan fingerprint density at radius 1 is 1.26 bits per heavy atom. The summed E-state index contributed by atoms with van der Waals surface area (Å²) in [6.07, 6.45) is 7.58. The van der Waals surface area contributed by atoms with Gasteiger partial charge in [0.05, 0.1) is 6.07 Å². The Hall–Kier alpha value is -1.08. The predicted molar refractivity (Wildman–Crippen MR) is 74.5 cm³/mol. The minimum Gasteiger partial charge on any atom is -0.381 e. The minimum atomic E-state index is -0.763. The summed E-state index contributed by atoms with van der Waals surface area (Å²) in [5, 5.41) is 12.2. The first-order chi connectivity index (χ1) is 9.25. The Kier molecular flexibility index (Phi) is 7.50. The van der Waals surface area contributed by atoms with Gasteiger partial charge in [0.15, 0.2) is 0 Å². The third kappa shape index (κ3) is 5.20. The van der Waals surface area contributed by atoms with Crippen LogP contribution in [0.2, 0.25) is 0 Å². The van der Waals surface area contributed by atoms with Gasteiger partial charge in [0.2, 0.25) is 5.91 Å². The van der Waals surface area contributed by atoms with Crippen LogP contribution in [-0.2, 0) is 9.53 Å². The maximum atomic E-state index is 12.1. The highest BCUT2D eigenvalue weighted by atomic mass is 16.5. The van der Waals surface area contributed by atoms with Gasteiger partial charge in [-0.15, -0.1) is 0 Å². The highest BCUT2D eigenvalue weighted by molar-refractivity contribution is 5.85. The third-order valence-electron chi connectivity index (χ3n) is 3.75. The van der Waals surface area contributed by atoms with Crippen molar-refractivity contribution in [1.82, 2.24) is 5.32 Å². The lowest BCUT2D eigenvalue weighted by Crippen LogP contribution is -2.42. The molecule has 0 aliphatic heterocycles. The van der Waals surface area contributed by atoms with Gasteiger partial charge >= 0.3 is 0 Å². The number of carbonyl (C=O) groups is 1. The molecule has 1 N–H and O–H groups in total. The van der Waals surface area contributed by atoms with E-state index in [1.165, 1.54) is 0 Å². The normalized spacial score (nSPS) is 17.7. The fourth-order valence-electron chi connectivity index (χ4n) is 2.44. The van der Waals surface area contributed by atoms with E-state index in [0.717, 1.165) is 45.1 Å². The van der Waals surface area contributed by atoms with Crippen molar-refractivity contribution in [1.29, 1.82) is 5.26 Å². The molecule has 0 saturated heterocycles. The average Bonchev–Trinajstić information content (AvgIpc) is 2.46. The van der Waals surface area contributed by atoms with Crippen molar-refractivity contribution in [2.75, 3.05) is 19.8 Å². The first kappa shape index (κ1) is 16.0. The molecule has 108 valence electrons. The number of carbonyl (C=O) groups excluding carboxylic acids is 1. The fourth-order valence-corrected chi connectivity index (χ4v) is 2.44. The number of nitriles is 1. The Morgan fingerprint density at radius 2 is 1.95 bits per heavy atom. The van der Waals surface area contributed by atoms with Crippen LogP contribution < -0.4 is 5.32 Å². The average molecular weight is 266 g/mol. The zero-order valence-electron chi connectivity index (χ0n) is 12.0. The van der Waals surface area contributed by atoms with Crippen LogP contribution in [0.15, 0.2) is 0 Å². The van der Waals surface area contributed by atoms with Crippen LogP contribution in [0.4, 0.5) is 0 Å². The van der Waals surface area contributed by atoms with E-state index in [0.29, 0.717) is 26.0 Å². The van der Waals surface area contributed by atoms with Gasteiger partial charge in [0.1, 0.15) is 5.41 Å². The molecule has 4 nitrogen and oxygen atoms in total. The molecular weight excluding hydrogens is 240 g/mol. The summed E-state index contributed by atoms with van der Waals surface area (Å²) in [4.78, 5) is 12.1. The molecule has 19 heavy (non-hydrogen) atoms. The maximum Gasteiger partial charge on any atom is 0.240 e. The molecule has 0 aromatic carbocycles. The van der Waals surface area contributed by atoms with E-state index in [-0.39, 0.29) is 5.91 Å². The largest absolute Gasteiger partial charge is 0.381 e. The van der Waals surface area contributed by atoms with Gasteiger partial charge in [-0.05, 0) is 25.7 Å². The molecule has 0 atom stereocenters. The topological polar surface area (TPSA) is 62.1 Å². The zero-order chi connectivity index (χ0) is 14.0. The smallest absolute Gasteiger partial charge is 0.240 e. The molecule has 0 aromatic rings. The maximum absolute atomic E-state index is 12.1.